The van der Waals surface area contributed by atoms with Gasteiger partial charge in [-0.15, -0.1) is 0 Å². The summed E-state index contributed by atoms with van der Waals surface area (Å²) in [6.07, 6.45) is 1.87. The first-order chi connectivity index (χ1) is 8.15. The van der Waals surface area contributed by atoms with Crippen LogP contribution in [0, 0.1) is 11.7 Å². The van der Waals surface area contributed by atoms with Crippen molar-refractivity contribution in [2.45, 2.75) is 19.3 Å². The molecule has 1 heterocycles. The second kappa shape index (κ2) is 3.58. The SMILES string of the molecule is O=C(O)[C@@H]1CCc2[nH]c3ccc(F)cc3c2C1. The summed E-state index contributed by atoms with van der Waals surface area (Å²) in [5, 5.41) is 9.87. The van der Waals surface area contributed by atoms with Gasteiger partial charge in [0.25, 0.3) is 0 Å². The highest BCUT2D eigenvalue weighted by Crippen LogP contribution is 2.32. The van der Waals surface area contributed by atoms with Crippen LogP contribution in [0.5, 0.6) is 0 Å². The maximum atomic E-state index is 13.2. The third-order valence-electron chi connectivity index (χ3n) is 3.50. The van der Waals surface area contributed by atoms with Crippen molar-refractivity contribution in [3.63, 3.8) is 0 Å². The largest absolute Gasteiger partial charge is 0.481 e. The van der Waals surface area contributed by atoms with Gasteiger partial charge in [0, 0.05) is 16.6 Å². The predicted molar refractivity (Wildman–Crippen MR) is 61.4 cm³/mol. The molecule has 1 aliphatic carbocycles. The Morgan fingerprint density at radius 2 is 2.29 bits per heavy atom. The fraction of sp³-hybridized carbons (Fsp3) is 0.308. The summed E-state index contributed by atoms with van der Waals surface area (Å²) in [5.41, 5.74) is 2.92. The van der Waals surface area contributed by atoms with Crippen molar-refractivity contribution < 1.29 is 14.3 Å². The van der Waals surface area contributed by atoms with Crippen LogP contribution in [0.25, 0.3) is 10.9 Å². The predicted octanol–water partition coefficient (Wildman–Crippen LogP) is 2.50. The Morgan fingerprint density at radius 3 is 3.06 bits per heavy atom. The molecule has 0 fully saturated rings. The van der Waals surface area contributed by atoms with Crippen LogP contribution in [0.15, 0.2) is 18.2 Å². The number of halogens is 1. The van der Waals surface area contributed by atoms with Crippen LogP contribution >= 0.6 is 0 Å². The molecule has 1 aliphatic rings. The Labute approximate surface area is 97.3 Å². The monoisotopic (exact) mass is 233 g/mol. The normalized spacial score (nSPS) is 19.2. The lowest BCUT2D eigenvalue weighted by Crippen LogP contribution is -2.21. The van der Waals surface area contributed by atoms with Gasteiger partial charge in [-0.3, -0.25) is 4.79 Å². The van der Waals surface area contributed by atoms with Crippen molar-refractivity contribution in [3.05, 3.63) is 35.3 Å². The molecular formula is C13H12FNO2. The van der Waals surface area contributed by atoms with Gasteiger partial charge in [-0.25, -0.2) is 4.39 Å². The fourth-order valence-electron chi connectivity index (χ4n) is 2.60. The van der Waals surface area contributed by atoms with E-state index in [0.717, 1.165) is 28.6 Å². The second-order valence-electron chi connectivity index (χ2n) is 4.55. The minimum absolute atomic E-state index is 0.281. The van der Waals surface area contributed by atoms with Crippen molar-refractivity contribution in [2.24, 2.45) is 5.92 Å². The molecule has 1 atom stereocenters. The number of hydrogen-bond acceptors (Lipinski definition) is 1. The van der Waals surface area contributed by atoms with E-state index in [-0.39, 0.29) is 11.7 Å². The van der Waals surface area contributed by atoms with Crippen LogP contribution in [0.2, 0.25) is 0 Å². The van der Waals surface area contributed by atoms with Gasteiger partial charge in [-0.1, -0.05) is 0 Å². The van der Waals surface area contributed by atoms with E-state index in [9.17, 15) is 9.18 Å². The highest BCUT2D eigenvalue weighted by molar-refractivity contribution is 5.86. The quantitative estimate of drug-likeness (QED) is 0.795. The second-order valence-corrected chi connectivity index (χ2v) is 4.55. The van der Waals surface area contributed by atoms with E-state index in [4.69, 9.17) is 5.11 Å². The van der Waals surface area contributed by atoms with Crippen molar-refractivity contribution in [2.75, 3.05) is 0 Å². The molecule has 0 spiro atoms. The van der Waals surface area contributed by atoms with Crippen LogP contribution in [0.3, 0.4) is 0 Å². The molecule has 2 N–H and O–H groups in total. The van der Waals surface area contributed by atoms with Gasteiger partial charge in [0.1, 0.15) is 5.82 Å². The molecule has 3 nitrogen and oxygen atoms in total. The maximum Gasteiger partial charge on any atom is 0.306 e. The molecule has 2 aromatic rings. The van der Waals surface area contributed by atoms with Gasteiger partial charge in [-0.2, -0.15) is 0 Å². The van der Waals surface area contributed by atoms with Crippen molar-refractivity contribution in [1.29, 1.82) is 0 Å². The summed E-state index contributed by atoms with van der Waals surface area (Å²) in [4.78, 5) is 14.2. The number of carbonyl (C=O) groups is 1. The summed E-state index contributed by atoms with van der Waals surface area (Å²) >= 11 is 0. The fourth-order valence-corrected chi connectivity index (χ4v) is 2.60. The average molecular weight is 233 g/mol. The van der Waals surface area contributed by atoms with E-state index in [0.29, 0.717) is 12.8 Å². The highest BCUT2D eigenvalue weighted by atomic mass is 19.1. The smallest absolute Gasteiger partial charge is 0.306 e. The van der Waals surface area contributed by atoms with Gasteiger partial charge in [0.2, 0.25) is 0 Å². The van der Waals surface area contributed by atoms with Crippen LogP contribution in [0.4, 0.5) is 4.39 Å². The van der Waals surface area contributed by atoms with Gasteiger partial charge in [-0.05, 0) is 43.0 Å². The Balaban J connectivity index is 2.13. The number of aromatic nitrogens is 1. The number of H-pyrrole nitrogens is 1. The number of carboxylic acid groups (broad SMARTS) is 1. The van der Waals surface area contributed by atoms with Crippen LogP contribution in [-0.2, 0) is 17.6 Å². The molecule has 17 heavy (non-hydrogen) atoms. The third kappa shape index (κ3) is 1.60. The number of nitrogens with one attached hydrogen (secondary N) is 1. The highest BCUT2D eigenvalue weighted by Gasteiger charge is 2.26. The van der Waals surface area contributed by atoms with E-state index >= 15 is 0 Å². The summed E-state index contributed by atoms with van der Waals surface area (Å²) in [6, 6.07) is 4.60. The minimum Gasteiger partial charge on any atom is -0.481 e. The van der Waals surface area contributed by atoms with Crippen LogP contribution in [-0.4, -0.2) is 16.1 Å². The minimum atomic E-state index is -0.763. The zero-order chi connectivity index (χ0) is 12.0. The van der Waals surface area contributed by atoms with Crippen molar-refractivity contribution >= 4 is 16.9 Å². The number of carboxylic acids is 1. The molecule has 4 heteroatoms. The Hall–Kier alpha value is -1.84. The van der Waals surface area contributed by atoms with Gasteiger partial charge in [0.15, 0.2) is 0 Å². The molecule has 0 saturated carbocycles. The van der Waals surface area contributed by atoms with E-state index in [1.807, 2.05) is 0 Å². The first-order valence-corrected chi connectivity index (χ1v) is 5.67. The zero-order valence-corrected chi connectivity index (χ0v) is 9.16. The number of fused-ring (bicyclic) bond motifs is 3. The molecular weight excluding hydrogens is 221 g/mol. The zero-order valence-electron chi connectivity index (χ0n) is 9.16. The topological polar surface area (TPSA) is 53.1 Å². The lowest BCUT2D eigenvalue weighted by atomic mass is 9.86. The maximum absolute atomic E-state index is 13.2. The molecule has 0 amide bonds. The Kier molecular flexibility index (Phi) is 2.18. The van der Waals surface area contributed by atoms with Crippen molar-refractivity contribution in [3.8, 4) is 0 Å². The molecule has 1 aromatic carbocycles. The number of hydrogen-bond donors (Lipinski definition) is 2. The van der Waals surface area contributed by atoms with Gasteiger partial charge < -0.3 is 10.1 Å². The average Bonchev–Trinajstić information content (AvgIpc) is 2.66. The summed E-state index contributed by atoms with van der Waals surface area (Å²) in [6.45, 7) is 0. The van der Waals surface area contributed by atoms with E-state index < -0.39 is 5.97 Å². The summed E-state index contributed by atoms with van der Waals surface area (Å²) in [7, 11) is 0. The van der Waals surface area contributed by atoms with Gasteiger partial charge in [0.05, 0.1) is 5.92 Å². The lowest BCUT2D eigenvalue weighted by Gasteiger charge is -2.18. The third-order valence-corrected chi connectivity index (χ3v) is 3.50. The Morgan fingerprint density at radius 1 is 1.47 bits per heavy atom. The first-order valence-electron chi connectivity index (χ1n) is 5.67. The molecule has 3 rings (SSSR count). The Bertz CT molecular complexity index is 603. The van der Waals surface area contributed by atoms with Crippen LogP contribution < -0.4 is 0 Å². The number of aryl methyl sites for hydroxylation is 1. The van der Waals surface area contributed by atoms with E-state index in [1.54, 1.807) is 6.07 Å². The summed E-state index contributed by atoms with van der Waals surface area (Å²) < 4.78 is 13.2. The molecule has 0 unspecified atom stereocenters. The standard InChI is InChI=1S/C13H12FNO2/c14-8-2-4-12-10(6-8)9-5-7(13(16)17)1-3-11(9)15-12/h2,4,6-7,15H,1,3,5H2,(H,16,17)/t7-/m1/s1. The molecule has 0 radical (unpaired) electrons. The van der Waals surface area contributed by atoms with E-state index in [1.165, 1.54) is 12.1 Å². The number of aliphatic carboxylic acids is 1. The molecule has 1 aromatic heterocycles. The molecule has 0 aliphatic heterocycles. The number of aromatic amines is 1. The number of rotatable bonds is 1. The first kappa shape index (κ1) is 10.3. The van der Waals surface area contributed by atoms with Gasteiger partial charge >= 0.3 is 5.97 Å². The molecule has 88 valence electrons. The molecule has 0 saturated heterocycles. The van der Waals surface area contributed by atoms with Crippen molar-refractivity contribution in [1.82, 2.24) is 4.98 Å². The van der Waals surface area contributed by atoms with E-state index in [2.05, 4.69) is 4.98 Å². The lowest BCUT2D eigenvalue weighted by molar-refractivity contribution is -0.142. The van der Waals surface area contributed by atoms with Crippen LogP contribution in [0.1, 0.15) is 17.7 Å². The number of benzene rings is 1. The molecule has 0 bridgehead atoms. The summed E-state index contributed by atoms with van der Waals surface area (Å²) in [5.74, 6) is -1.39.